The number of piperidine rings is 1. The average molecular weight is 262 g/mol. The molecule has 104 valence electrons. The van der Waals surface area contributed by atoms with Crippen molar-refractivity contribution in [2.45, 2.75) is 26.7 Å². The molecule has 2 rings (SSSR count). The van der Waals surface area contributed by atoms with Gasteiger partial charge in [-0.2, -0.15) is 0 Å². The van der Waals surface area contributed by atoms with E-state index in [1.165, 1.54) is 0 Å². The van der Waals surface area contributed by atoms with Gasteiger partial charge in [-0.15, -0.1) is 0 Å². The smallest absolute Gasteiger partial charge is 0.267 e. The molecule has 5 heteroatoms. The van der Waals surface area contributed by atoms with E-state index in [0.717, 1.165) is 31.8 Å². The number of nitrogens with two attached hydrogens (primary N) is 2. The maximum Gasteiger partial charge on any atom is 0.267 e. The normalized spacial score (nSPS) is 16.9. The molecule has 1 aromatic heterocycles. The van der Waals surface area contributed by atoms with Crippen LogP contribution in [0.3, 0.4) is 0 Å². The summed E-state index contributed by atoms with van der Waals surface area (Å²) in [6.07, 6.45) is 2.28. The fourth-order valence-electron chi connectivity index (χ4n) is 2.63. The first-order valence-corrected chi connectivity index (χ1v) is 6.80. The minimum Gasteiger partial charge on any atom is -0.396 e. The third-order valence-electron chi connectivity index (χ3n) is 3.94. The summed E-state index contributed by atoms with van der Waals surface area (Å²) in [6, 6.07) is 3.28. The number of aromatic nitrogens is 1. The molecular formula is C14H22N4O. The molecular weight excluding hydrogens is 240 g/mol. The number of amides is 1. The van der Waals surface area contributed by atoms with E-state index >= 15 is 0 Å². The predicted octanol–water partition coefficient (Wildman–Crippen LogP) is 1.64. The Hall–Kier alpha value is -1.78. The first-order chi connectivity index (χ1) is 8.99. The fraction of sp³-hybridized carbons (Fsp3) is 0.571. The van der Waals surface area contributed by atoms with Crippen molar-refractivity contribution in [1.29, 1.82) is 0 Å². The zero-order valence-corrected chi connectivity index (χ0v) is 11.6. The first-order valence-electron chi connectivity index (χ1n) is 6.80. The number of rotatable bonds is 3. The Bertz CT molecular complexity index is 465. The summed E-state index contributed by atoms with van der Waals surface area (Å²) in [5.41, 5.74) is 12.1. The van der Waals surface area contributed by atoms with Crippen LogP contribution in [0.25, 0.3) is 0 Å². The molecule has 1 fully saturated rings. The van der Waals surface area contributed by atoms with E-state index in [2.05, 4.69) is 23.7 Å². The van der Waals surface area contributed by atoms with Gasteiger partial charge in [0.2, 0.25) is 0 Å². The van der Waals surface area contributed by atoms with Crippen molar-refractivity contribution < 1.29 is 4.79 Å². The van der Waals surface area contributed by atoms with E-state index in [9.17, 15) is 4.79 Å². The summed E-state index contributed by atoms with van der Waals surface area (Å²) in [6.45, 7) is 6.39. The molecule has 19 heavy (non-hydrogen) atoms. The third kappa shape index (κ3) is 2.97. The van der Waals surface area contributed by atoms with Gasteiger partial charge < -0.3 is 16.4 Å². The minimum atomic E-state index is -0.515. The fourth-order valence-corrected chi connectivity index (χ4v) is 2.63. The summed E-state index contributed by atoms with van der Waals surface area (Å²) < 4.78 is 0. The molecule has 0 unspecified atom stereocenters. The molecule has 1 saturated heterocycles. The van der Waals surface area contributed by atoms with Crippen molar-refractivity contribution in [2.75, 3.05) is 23.7 Å². The second kappa shape index (κ2) is 5.47. The average Bonchev–Trinajstić information content (AvgIpc) is 2.39. The van der Waals surface area contributed by atoms with Crippen molar-refractivity contribution >= 4 is 17.4 Å². The first kappa shape index (κ1) is 13.6. The maximum atomic E-state index is 11.2. The number of anilines is 2. The van der Waals surface area contributed by atoms with Crippen LogP contribution in [0.15, 0.2) is 12.1 Å². The van der Waals surface area contributed by atoms with Gasteiger partial charge in [-0.05, 0) is 36.8 Å². The van der Waals surface area contributed by atoms with Gasteiger partial charge >= 0.3 is 0 Å². The van der Waals surface area contributed by atoms with Crippen LogP contribution < -0.4 is 16.4 Å². The van der Waals surface area contributed by atoms with Crippen LogP contribution in [0.4, 0.5) is 11.5 Å². The number of primary amides is 1. The number of carbonyl (C=O) groups is 1. The lowest BCUT2D eigenvalue weighted by Crippen LogP contribution is -2.36. The van der Waals surface area contributed by atoms with E-state index in [4.69, 9.17) is 11.5 Å². The molecule has 0 radical (unpaired) electrons. The van der Waals surface area contributed by atoms with E-state index in [1.807, 2.05) is 0 Å². The quantitative estimate of drug-likeness (QED) is 0.867. The molecule has 1 aliphatic heterocycles. The van der Waals surface area contributed by atoms with Gasteiger partial charge in [-0.3, -0.25) is 4.79 Å². The lowest BCUT2D eigenvalue weighted by atomic mass is 9.87. The zero-order chi connectivity index (χ0) is 14.0. The van der Waals surface area contributed by atoms with Gasteiger partial charge in [0.25, 0.3) is 5.91 Å². The monoisotopic (exact) mass is 262 g/mol. The summed E-state index contributed by atoms with van der Waals surface area (Å²) in [5, 5.41) is 0. The third-order valence-corrected chi connectivity index (χ3v) is 3.94. The molecule has 5 nitrogen and oxygen atoms in total. The lowest BCUT2D eigenvalue weighted by Gasteiger charge is -2.35. The molecule has 1 aromatic rings. The van der Waals surface area contributed by atoms with Crippen LogP contribution in [0.1, 0.15) is 37.2 Å². The molecule has 1 aliphatic rings. The van der Waals surface area contributed by atoms with Crippen molar-refractivity contribution in [3.05, 3.63) is 17.8 Å². The van der Waals surface area contributed by atoms with Gasteiger partial charge in [0.1, 0.15) is 5.69 Å². The van der Waals surface area contributed by atoms with E-state index in [0.29, 0.717) is 17.4 Å². The highest BCUT2D eigenvalue weighted by molar-refractivity contribution is 5.91. The second-order valence-electron chi connectivity index (χ2n) is 5.54. The van der Waals surface area contributed by atoms with Gasteiger partial charge in [0.15, 0.2) is 5.82 Å². The van der Waals surface area contributed by atoms with E-state index in [-0.39, 0.29) is 5.69 Å². The van der Waals surface area contributed by atoms with Crippen LogP contribution in [0, 0.1) is 11.8 Å². The summed E-state index contributed by atoms with van der Waals surface area (Å²) in [4.78, 5) is 17.6. The molecule has 4 N–H and O–H groups in total. The summed E-state index contributed by atoms with van der Waals surface area (Å²) in [5.74, 6) is 1.65. The van der Waals surface area contributed by atoms with Gasteiger partial charge in [0.05, 0.1) is 5.69 Å². The molecule has 0 atom stereocenters. The Morgan fingerprint density at radius 2 is 2.00 bits per heavy atom. The largest absolute Gasteiger partial charge is 0.396 e. The molecule has 2 heterocycles. The van der Waals surface area contributed by atoms with E-state index < -0.39 is 5.91 Å². The number of hydrogen-bond donors (Lipinski definition) is 2. The highest BCUT2D eigenvalue weighted by Gasteiger charge is 2.23. The van der Waals surface area contributed by atoms with Crippen LogP contribution in [-0.2, 0) is 0 Å². The highest BCUT2D eigenvalue weighted by Crippen LogP contribution is 2.29. The number of carbonyl (C=O) groups excluding carboxylic acids is 1. The lowest BCUT2D eigenvalue weighted by molar-refractivity contribution is 0.0995. The van der Waals surface area contributed by atoms with Crippen LogP contribution in [0.2, 0.25) is 0 Å². The standard InChI is InChI=1S/C14H22N4O/c1-9(2)10-5-7-18(8-6-10)14-11(15)3-4-12(17-14)13(16)19/h3-4,9-10H,5-8,15H2,1-2H3,(H2,16,19). The summed E-state index contributed by atoms with van der Waals surface area (Å²) >= 11 is 0. The molecule has 0 bridgehead atoms. The van der Waals surface area contributed by atoms with E-state index in [1.54, 1.807) is 12.1 Å². The topological polar surface area (TPSA) is 85.2 Å². The molecule has 0 aliphatic carbocycles. The SMILES string of the molecule is CC(C)C1CCN(c2nc(C(N)=O)ccc2N)CC1. The second-order valence-corrected chi connectivity index (χ2v) is 5.54. The van der Waals surface area contributed by atoms with Gasteiger partial charge in [0, 0.05) is 13.1 Å². The van der Waals surface area contributed by atoms with Gasteiger partial charge in [-0.25, -0.2) is 4.98 Å². The van der Waals surface area contributed by atoms with Crippen molar-refractivity contribution in [3.63, 3.8) is 0 Å². The Kier molecular flexibility index (Phi) is 3.93. The van der Waals surface area contributed by atoms with Crippen LogP contribution in [-0.4, -0.2) is 24.0 Å². The Morgan fingerprint density at radius 1 is 1.37 bits per heavy atom. The minimum absolute atomic E-state index is 0.273. The highest BCUT2D eigenvalue weighted by atomic mass is 16.1. The zero-order valence-electron chi connectivity index (χ0n) is 11.6. The van der Waals surface area contributed by atoms with Crippen LogP contribution >= 0.6 is 0 Å². The molecule has 0 saturated carbocycles. The summed E-state index contributed by atoms with van der Waals surface area (Å²) in [7, 11) is 0. The maximum absolute atomic E-state index is 11.2. The van der Waals surface area contributed by atoms with Crippen molar-refractivity contribution in [3.8, 4) is 0 Å². The number of pyridine rings is 1. The Balaban J connectivity index is 2.15. The Labute approximate surface area is 114 Å². The predicted molar refractivity (Wildman–Crippen MR) is 76.9 cm³/mol. The Morgan fingerprint density at radius 3 is 2.53 bits per heavy atom. The molecule has 0 aromatic carbocycles. The van der Waals surface area contributed by atoms with Crippen molar-refractivity contribution in [2.24, 2.45) is 17.6 Å². The number of hydrogen-bond acceptors (Lipinski definition) is 4. The van der Waals surface area contributed by atoms with Crippen LogP contribution in [0.5, 0.6) is 0 Å². The van der Waals surface area contributed by atoms with Gasteiger partial charge in [-0.1, -0.05) is 13.8 Å². The number of nitrogens with zero attached hydrogens (tertiary/aromatic N) is 2. The molecule has 1 amide bonds. The van der Waals surface area contributed by atoms with Crippen molar-refractivity contribution in [1.82, 2.24) is 4.98 Å². The number of nitrogen functional groups attached to an aromatic ring is 1. The molecule has 0 spiro atoms.